The largest absolute Gasteiger partial charge is 0.430 e. The quantitative estimate of drug-likeness (QED) is 0.794. The van der Waals surface area contributed by atoms with Gasteiger partial charge in [0.25, 0.3) is 0 Å². The summed E-state index contributed by atoms with van der Waals surface area (Å²) in [6, 6.07) is 0. The summed E-state index contributed by atoms with van der Waals surface area (Å²) in [5.74, 6) is 0.575. The number of esters is 1. The molecule has 2 aliphatic rings. The Morgan fingerprint density at radius 2 is 2.05 bits per heavy atom. The molecule has 1 fully saturated rings. The van der Waals surface area contributed by atoms with Gasteiger partial charge in [-0.15, -0.1) is 0 Å². The molecular formula is C16H26O3. The van der Waals surface area contributed by atoms with Crippen molar-refractivity contribution < 1.29 is 14.6 Å². The van der Waals surface area contributed by atoms with Crippen molar-refractivity contribution in [3.63, 3.8) is 0 Å². The van der Waals surface area contributed by atoms with Crippen LogP contribution in [0.25, 0.3) is 0 Å². The van der Waals surface area contributed by atoms with Gasteiger partial charge in [-0.25, -0.2) is 0 Å². The van der Waals surface area contributed by atoms with Crippen LogP contribution in [-0.4, -0.2) is 17.2 Å². The second kappa shape index (κ2) is 5.28. The first-order valence-electron chi connectivity index (χ1n) is 7.53. The van der Waals surface area contributed by atoms with E-state index in [-0.39, 0.29) is 17.5 Å². The molecule has 1 unspecified atom stereocenters. The SMILES string of the molecule is CCC(C)(C)C(=O)OC1=CCC(O)C12CCCCC2. The summed E-state index contributed by atoms with van der Waals surface area (Å²) in [7, 11) is 0. The van der Waals surface area contributed by atoms with E-state index in [1.807, 2.05) is 26.8 Å². The normalized spacial score (nSPS) is 26.3. The Bertz CT molecular complexity index is 375. The fraction of sp³-hybridized carbons (Fsp3) is 0.812. The van der Waals surface area contributed by atoms with Crippen LogP contribution in [0.3, 0.4) is 0 Å². The highest BCUT2D eigenvalue weighted by Crippen LogP contribution is 2.50. The molecule has 1 saturated carbocycles. The molecule has 1 spiro atoms. The lowest BCUT2D eigenvalue weighted by molar-refractivity contribution is -0.153. The van der Waals surface area contributed by atoms with E-state index in [1.54, 1.807) is 0 Å². The van der Waals surface area contributed by atoms with Gasteiger partial charge in [0.05, 0.1) is 16.9 Å². The fourth-order valence-electron chi connectivity index (χ4n) is 3.10. The van der Waals surface area contributed by atoms with Gasteiger partial charge in [0, 0.05) is 0 Å². The van der Waals surface area contributed by atoms with Crippen molar-refractivity contribution in [2.45, 2.75) is 71.8 Å². The molecule has 3 nitrogen and oxygen atoms in total. The lowest BCUT2D eigenvalue weighted by Crippen LogP contribution is -2.38. The zero-order valence-electron chi connectivity index (χ0n) is 12.4. The van der Waals surface area contributed by atoms with Gasteiger partial charge in [0.2, 0.25) is 0 Å². The number of rotatable bonds is 3. The molecule has 0 radical (unpaired) electrons. The molecule has 0 aliphatic heterocycles. The van der Waals surface area contributed by atoms with Crippen molar-refractivity contribution in [1.82, 2.24) is 0 Å². The third-order valence-electron chi connectivity index (χ3n) is 5.04. The highest BCUT2D eigenvalue weighted by molar-refractivity contribution is 5.77. The molecule has 0 aromatic rings. The number of hydrogen-bond donors (Lipinski definition) is 1. The Labute approximate surface area is 116 Å². The third kappa shape index (κ3) is 2.58. The van der Waals surface area contributed by atoms with Crippen LogP contribution in [0.1, 0.15) is 65.7 Å². The summed E-state index contributed by atoms with van der Waals surface area (Å²) in [5.41, 5.74) is -0.734. The molecule has 0 aromatic carbocycles. The molecule has 1 N–H and O–H groups in total. The van der Waals surface area contributed by atoms with E-state index in [9.17, 15) is 9.90 Å². The van der Waals surface area contributed by atoms with E-state index in [0.717, 1.165) is 37.9 Å². The molecule has 19 heavy (non-hydrogen) atoms. The Kier molecular flexibility index (Phi) is 4.05. The van der Waals surface area contributed by atoms with Crippen molar-refractivity contribution in [2.24, 2.45) is 10.8 Å². The molecule has 0 heterocycles. The smallest absolute Gasteiger partial charge is 0.316 e. The summed E-state index contributed by atoms with van der Waals surface area (Å²) < 4.78 is 5.69. The molecule has 1 atom stereocenters. The van der Waals surface area contributed by atoms with E-state index >= 15 is 0 Å². The van der Waals surface area contributed by atoms with Crippen LogP contribution < -0.4 is 0 Å². The van der Waals surface area contributed by atoms with Crippen LogP contribution in [0.15, 0.2) is 11.8 Å². The number of hydrogen-bond acceptors (Lipinski definition) is 3. The standard InChI is InChI=1S/C16H26O3/c1-4-15(2,3)14(18)19-13-9-8-12(17)16(13)10-6-5-7-11-16/h9,12,17H,4-8,10-11H2,1-3H3. The zero-order valence-corrected chi connectivity index (χ0v) is 12.4. The molecule has 0 bridgehead atoms. The van der Waals surface area contributed by atoms with Crippen LogP contribution in [0, 0.1) is 10.8 Å². The van der Waals surface area contributed by atoms with Crippen LogP contribution >= 0.6 is 0 Å². The van der Waals surface area contributed by atoms with Crippen molar-refractivity contribution in [2.75, 3.05) is 0 Å². The van der Waals surface area contributed by atoms with Gasteiger partial charge in [-0.3, -0.25) is 4.79 Å². The molecule has 108 valence electrons. The molecule has 0 amide bonds. The second-order valence-corrected chi connectivity index (χ2v) is 6.66. The molecule has 0 aromatic heterocycles. The van der Waals surface area contributed by atoms with Crippen molar-refractivity contribution in [1.29, 1.82) is 0 Å². The lowest BCUT2D eigenvalue weighted by atomic mass is 9.71. The van der Waals surface area contributed by atoms with Crippen LogP contribution in [0.2, 0.25) is 0 Å². The minimum Gasteiger partial charge on any atom is -0.430 e. The minimum atomic E-state index is -0.454. The van der Waals surface area contributed by atoms with Crippen LogP contribution in [-0.2, 0) is 9.53 Å². The predicted octanol–water partition coefficient (Wildman–Crippen LogP) is 3.56. The first kappa shape index (κ1) is 14.6. The zero-order chi connectivity index (χ0) is 14.1. The van der Waals surface area contributed by atoms with Gasteiger partial charge in [-0.1, -0.05) is 26.2 Å². The maximum atomic E-state index is 12.2. The average Bonchev–Trinajstić information content (AvgIpc) is 2.69. The Hall–Kier alpha value is -0.830. The lowest BCUT2D eigenvalue weighted by Gasteiger charge is -2.38. The van der Waals surface area contributed by atoms with E-state index in [4.69, 9.17) is 4.74 Å². The fourth-order valence-corrected chi connectivity index (χ4v) is 3.10. The first-order chi connectivity index (χ1) is 8.92. The highest BCUT2D eigenvalue weighted by atomic mass is 16.5. The van der Waals surface area contributed by atoms with E-state index in [1.165, 1.54) is 6.42 Å². The van der Waals surface area contributed by atoms with Gasteiger partial charge >= 0.3 is 5.97 Å². The number of aliphatic hydroxyl groups is 1. The Morgan fingerprint density at radius 3 is 2.63 bits per heavy atom. The number of ether oxygens (including phenoxy) is 1. The average molecular weight is 266 g/mol. The van der Waals surface area contributed by atoms with Crippen molar-refractivity contribution in [3.05, 3.63) is 11.8 Å². The second-order valence-electron chi connectivity index (χ2n) is 6.66. The van der Waals surface area contributed by atoms with Crippen molar-refractivity contribution in [3.8, 4) is 0 Å². The highest BCUT2D eigenvalue weighted by Gasteiger charge is 2.48. The maximum absolute atomic E-state index is 12.2. The molecular weight excluding hydrogens is 240 g/mol. The summed E-state index contributed by atoms with van der Waals surface area (Å²) >= 11 is 0. The Balaban J connectivity index is 2.13. The van der Waals surface area contributed by atoms with E-state index < -0.39 is 5.41 Å². The minimum absolute atomic E-state index is 0.166. The molecule has 0 saturated heterocycles. The number of carbonyl (C=O) groups excluding carboxylic acids is 1. The van der Waals surface area contributed by atoms with Gasteiger partial charge < -0.3 is 9.84 Å². The third-order valence-corrected chi connectivity index (χ3v) is 5.04. The van der Waals surface area contributed by atoms with E-state index in [0.29, 0.717) is 6.42 Å². The molecule has 3 heteroatoms. The predicted molar refractivity (Wildman–Crippen MR) is 74.4 cm³/mol. The number of aliphatic hydroxyl groups excluding tert-OH is 1. The van der Waals surface area contributed by atoms with E-state index in [2.05, 4.69) is 0 Å². The Morgan fingerprint density at radius 1 is 1.42 bits per heavy atom. The summed E-state index contributed by atoms with van der Waals surface area (Å²) in [4.78, 5) is 12.2. The first-order valence-corrected chi connectivity index (χ1v) is 7.53. The summed E-state index contributed by atoms with van der Waals surface area (Å²) in [5, 5.41) is 10.3. The van der Waals surface area contributed by atoms with Crippen LogP contribution in [0.4, 0.5) is 0 Å². The molecule has 2 rings (SSSR count). The van der Waals surface area contributed by atoms with Crippen molar-refractivity contribution >= 4 is 5.97 Å². The number of carbonyl (C=O) groups is 1. The maximum Gasteiger partial charge on any atom is 0.316 e. The van der Waals surface area contributed by atoms with Gasteiger partial charge in [-0.05, 0) is 45.6 Å². The van der Waals surface area contributed by atoms with Gasteiger partial charge in [-0.2, -0.15) is 0 Å². The van der Waals surface area contributed by atoms with Gasteiger partial charge in [0.15, 0.2) is 0 Å². The van der Waals surface area contributed by atoms with Gasteiger partial charge in [0.1, 0.15) is 5.76 Å². The van der Waals surface area contributed by atoms with Crippen LogP contribution in [0.5, 0.6) is 0 Å². The topological polar surface area (TPSA) is 46.5 Å². The summed E-state index contributed by atoms with van der Waals surface area (Å²) in [6.07, 6.45) is 8.27. The summed E-state index contributed by atoms with van der Waals surface area (Å²) in [6.45, 7) is 5.82. The monoisotopic (exact) mass is 266 g/mol. The molecule has 2 aliphatic carbocycles.